The van der Waals surface area contributed by atoms with E-state index in [1.54, 1.807) is 41.7 Å². The van der Waals surface area contributed by atoms with Crippen molar-refractivity contribution < 1.29 is 4.79 Å². The van der Waals surface area contributed by atoms with Gasteiger partial charge in [0.15, 0.2) is 5.16 Å². The third-order valence-corrected chi connectivity index (χ3v) is 9.59. The molecule has 0 spiro atoms. The van der Waals surface area contributed by atoms with Crippen LogP contribution in [0.5, 0.6) is 0 Å². The number of H-pyrrole nitrogens is 1. The van der Waals surface area contributed by atoms with E-state index in [2.05, 4.69) is 23.2 Å². The van der Waals surface area contributed by atoms with Gasteiger partial charge in [0.1, 0.15) is 11.4 Å². The molecule has 0 saturated heterocycles. The second-order valence-corrected chi connectivity index (χ2v) is 12.5. The van der Waals surface area contributed by atoms with E-state index in [0.29, 0.717) is 32.9 Å². The minimum atomic E-state index is -0.435. The van der Waals surface area contributed by atoms with Crippen molar-refractivity contribution in [2.75, 3.05) is 10.7 Å². The Morgan fingerprint density at radius 1 is 0.907 bits per heavy atom. The number of hydrogen-bond donors (Lipinski definition) is 3. The molecule has 1 amide bonds. The van der Waals surface area contributed by atoms with Crippen LogP contribution in [-0.2, 0) is 5.75 Å². The topological polar surface area (TPSA) is 118 Å². The normalized spacial score (nSPS) is 11.1. The first-order chi connectivity index (χ1) is 20.8. The van der Waals surface area contributed by atoms with Gasteiger partial charge in [-0.1, -0.05) is 89.6 Å². The highest BCUT2D eigenvalue weighted by Crippen LogP contribution is 2.39. The maximum absolute atomic E-state index is 13.0. The molecule has 0 saturated carbocycles. The zero-order valence-electron chi connectivity index (χ0n) is 22.4. The van der Waals surface area contributed by atoms with Crippen molar-refractivity contribution >= 4 is 73.7 Å². The predicted molar refractivity (Wildman–Crippen MR) is 179 cm³/mol. The van der Waals surface area contributed by atoms with Crippen LogP contribution >= 0.6 is 46.3 Å². The van der Waals surface area contributed by atoms with Crippen LogP contribution in [0.4, 0.5) is 11.4 Å². The summed E-state index contributed by atoms with van der Waals surface area (Å²) in [4.78, 5) is 34.5. The summed E-state index contributed by atoms with van der Waals surface area (Å²) in [6, 6.07) is 30.0. The molecular formula is C32H23Cl2N5O2S2. The van der Waals surface area contributed by atoms with E-state index in [-0.39, 0.29) is 10.7 Å². The van der Waals surface area contributed by atoms with E-state index in [0.717, 1.165) is 32.0 Å². The molecule has 0 aliphatic rings. The third kappa shape index (κ3) is 6.04. The third-order valence-electron chi connectivity index (χ3n) is 6.76. The quantitative estimate of drug-likeness (QED) is 0.0533. The lowest BCUT2D eigenvalue weighted by Gasteiger charge is -2.18. The van der Waals surface area contributed by atoms with Crippen LogP contribution in [0.25, 0.3) is 31.8 Å². The van der Waals surface area contributed by atoms with Crippen LogP contribution < -0.4 is 22.1 Å². The number of amides is 1. The molecule has 6 aromatic rings. The zero-order valence-corrected chi connectivity index (χ0v) is 25.5. The summed E-state index contributed by atoms with van der Waals surface area (Å²) in [6.45, 7) is 0. The summed E-state index contributed by atoms with van der Waals surface area (Å²) >= 11 is 15.1. The molecule has 0 unspecified atom stereocenters. The number of nitrogen functional groups attached to an aromatic ring is 1. The largest absolute Gasteiger partial charge is 0.392 e. The lowest BCUT2D eigenvalue weighted by atomic mass is 10.0. The van der Waals surface area contributed by atoms with Crippen LogP contribution in [0.1, 0.15) is 15.9 Å². The Labute approximate surface area is 265 Å². The van der Waals surface area contributed by atoms with Crippen molar-refractivity contribution in [1.29, 1.82) is 0 Å². The molecule has 11 heteroatoms. The molecule has 5 N–H and O–H groups in total. The van der Waals surface area contributed by atoms with Crippen molar-refractivity contribution in [2.24, 2.45) is 5.84 Å². The van der Waals surface area contributed by atoms with E-state index in [4.69, 9.17) is 39.8 Å². The first-order valence-electron chi connectivity index (χ1n) is 13.0. The summed E-state index contributed by atoms with van der Waals surface area (Å²) in [5, 5.41) is 3.24. The number of fused-ring (bicyclic) bond motifs is 1. The van der Waals surface area contributed by atoms with Gasteiger partial charge >= 0.3 is 0 Å². The Morgan fingerprint density at radius 3 is 2.47 bits per heavy atom. The van der Waals surface area contributed by atoms with E-state index in [1.807, 2.05) is 42.5 Å². The van der Waals surface area contributed by atoms with Gasteiger partial charge in [-0.3, -0.25) is 14.6 Å². The number of hydrogen-bond acceptors (Lipinski definition) is 7. The Balaban J connectivity index is 1.26. The second-order valence-electron chi connectivity index (χ2n) is 9.59. The molecule has 0 bridgehead atoms. The lowest BCUT2D eigenvalue weighted by Crippen LogP contribution is -2.37. The molecule has 0 fully saturated rings. The number of nitrogens with two attached hydrogens (primary N) is 2. The first kappa shape index (κ1) is 29.0. The number of hydrazine groups is 1. The molecule has 7 nitrogen and oxygen atoms in total. The SMILES string of the molecule is Nc1c(-c2ccccc2-c2cc3ccccc3s2)nc(SCc2cccc(N(N)C(=O)c3ccc(Cl)c(Cl)c3)c2)[nH]c1=O. The molecular weight excluding hydrogens is 621 g/mol. The fraction of sp³-hybridized carbons (Fsp3) is 0.0312. The summed E-state index contributed by atoms with van der Waals surface area (Å²) in [7, 11) is 0. The van der Waals surface area contributed by atoms with Crippen molar-refractivity contribution in [3.05, 3.63) is 129 Å². The van der Waals surface area contributed by atoms with Gasteiger partial charge in [-0.2, -0.15) is 0 Å². The van der Waals surface area contributed by atoms with Crippen molar-refractivity contribution in [2.45, 2.75) is 10.9 Å². The number of halogens is 2. The zero-order chi connectivity index (χ0) is 30.1. The Hall–Kier alpha value is -4.12. The van der Waals surface area contributed by atoms with Gasteiger partial charge in [-0.05, 0) is 53.4 Å². The molecule has 0 atom stereocenters. The number of carbonyl (C=O) groups is 1. The van der Waals surface area contributed by atoms with Crippen LogP contribution in [0.3, 0.4) is 0 Å². The number of benzene rings is 4. The average molecular weight is 645 g/mol. The highest BCUT2D eigenvalue weighted by atomic mass is 35.5. The minimum absolute atomic E-state index is 0.0551. The minimum Gasteiger partial charge on any atom is -0.392 e. The number of nitrogens with zero attached hydrogens (tertiary/aromatic N) is 2. The van der Waals surface area contributed by atoms with Crippen LogP contribution in [-0.4, -0.2) is 15.9 Å². The number of carbonyl (C=O) groups excluding carboxylic acids is 1. The van der Waals surface area contributed by atoms with E-state index < -0.39 is 11.5 Å². The first-order valence-corrected chi connectivity index (χ1v) is 15.6. The van der Waals surface area contributed by atoms with Gasteiger partial charge in [0.2, 0.25) is 0 Å². The maximum atomic E-state index is 13.0. The van der Waals surface area contributed by atoms with E-state index >= 15 is 0 Å². The number of rotatable bonds is 7. The van der Waals surface area contributed by atoms with Gasteiger partial charge in [-0.25, -0.2) is 15.8 Å². The molecule has 2 heterocycles. The number of thiophene rings is 1. The molecule has 0 radical (unpaired) electrons. The van der Waals surface area contributed by atoms with Crippen molar-refractivity contribution in [1.82, 2.24) is 9.97 Å². The molecule has 6 rings (SSSR count). The lowest BCUT2D eigenvalue weighted by molar-refractivity contribution is 0.0987. The monoisotopic (exact) mass is 643 g/mol. The van der Waals surface area contributed by atoms with E-state index in [9.17, 15) is 9.59 Å². The van der Waals surface area contributed by atoms with Gasteiger partial charge in [0, 0.05) is 32.0 Å². The van der Waals surface area contributed by atoms with Crippen molar-refractivity contribution in [3.63, 3.8) is 0 Å². The fourth-order valence-electron chi connectivity index (χ4n) is 4.59. The van der Waals surface area contributed by atoms with Gasteiger partial charge < -0.3 is 5.73 Å². The van der Waals surface area contributed by atoms with Gasteiger partial charge in [-0.15, -0.1) is 11.3 Å². The molecule has 43 heavy (non-hydrogen) atoms. The standard InChI is InChI=1S/C32H23Cl2N5O2S2/c33-24-13-12-20(15-25(24)34)31(41)39(36)21-8-5-6-18(14-21)17-42-32-37-29(28(35)30(40)38-32)23-10-3-2-9-22(23)27-16-19-7-1-4-11-26(19)43-27/h1-16H,17,35-36H2,(H,37,38,40). The molecule has 4 aromatic carbocycles. The van der Waals surface area contributed by atoms with Crippen LogP contribution in [0.2, 0.25) is 10.0 Å². The summed E-state index contributed by atoms with van der Waals surface area (Å²) < 4.78 is 1.17. The number of aromatic nitrogens is 2. The average Bonchev–Trinajstić information content (AvgIpc) is 3.47. The molecule has 0 aliphatic carbocycles. The highest BCUT2D eigenvalue weighted by Gasteiger charge is 2.18. The Kier molecular flexibility index (Phi) is 8.25. The van der Waals surface area contributed by atoms with Crippen LogP contribution in [0.15, 0.2) is 107 Å². The summed E-state index contributed by atoms with van der Waals surface area (Å²) in [5.41, 5.74) is 9.75. The predicted octanol–water partition coefficient (Wildman–Crippen LogP) is 8.02. The highest BCUT2D eigenvalue weighted by molar-refractivity contribution is 7.98. The number of thioether (sulfide) groups is 1. The Morgan fingerprint density at radius 2 is 1.67 bits per heavy atom. The fourth-order valence-corrected chi connectivity index (χ4v) is 6.79. The maximum Gasteiger partial charge on any atom is 0.275 e. The van der Waals surface area contributed by atoms with Gasteiger partial charge in [0.25, 0.3) is 11.5 Å². The molecule has 214 valence electrons. The van der Waals surface area contributed by atoms with Gasteiger partial charge in [0.05, 0.1) is 15.7 Å². The van der Waals surface area contributed by atoms with E-state index in [1.165, 1.54) is 22.5 Å². The number of aromatic amines is 1. The van der Waals surface area contributed by atoms with Crippen molar-refractivity contribution in [3.8, 4) is 21.7 Å². The number of nitrogens with one attached hydrogen (secondary N) is 1. The summed E-state index contributed by atoms with van der Waals surface area (Å²) in [6.07, 6.45) is 0. The van der Waals surface area contributed by atoms with Crippen LogP contribution in [0, 0.1) is 0 Å². The Bertz CT molecular complexity index is 2030. The molecule has 0 aliphatic heterocycles. The smallest absolute Gasteiger partial charge is 0.275 e. The molecule has 2 aromatic heterocycles. The number of anilines is 2. The summed E-state index contributed by atoms with van der Waals surface area (Å²) in [5.74, 6) is 6.19. The second kappa shape index (κ2) is 12.2.